The maximum Gasteiger partial charge on any atom is 0.254 e. The first-order valence-corrected chi connectivity index (χ1v) is 5.17. The van der Waals surface area contributed by atoms with Crippen LogP contribution < -0.4 is 0 Å². The number of nitrogens with zero attached hydrogens (tertiary/aromatic N) is 1. The van der Waals surface area contributed by atoms with E-state index in [0.717, 1.165) is 16.3 Å². The lowest BCUT2D eigenvalue weighted by molar-refractivity contribution is 0.0780. The molecule has 0 aliphatic carbocycles. The number of phenolic OH excluding ortho intramolecular Hbond substituents is 1. The average molecular weight is 213 g/mol. The first kappa shape index (κ1) is 9.21. The van der Waals surface area contributed by atoms with Crippen molar-refractivity contribution >= 4 is 16.7 Å². The van der Waals surface area contributed by atoms with Gasteiger partial charge in [-0.2, -0.15) is 0 Å². The van der Waals surface area contributed by atoms with Crippen LogP contribution in [0.4, 0.5) is 0 Å². The van der Waals surface area contributed by atoms with Crippen LogP contribution in [0.2, 0.25) is 0 Å². The van der Waals surface area contributed by atoms with Gasteiger partial charge in [0.25, 0.3) is 5.91 Å². The van der Waals surface area contributed by atoms with Crippen LogP contribution in [0, 0.1) is 0 Å². The molecule has 3 heteroatoms. The highest BCUT2D eigenvalue weighted by Gasteiger charge is 2.23. The van der Waals surface area contributed by atoms with Crippen LogP contribution in [-0.2, 0) is 6.54 Å². The number of aromatic hydroxyl groups is 1. The summed E-state index contributed by atoms with van der Waals surface area (Å²) in [5.41, 5.74) is 1.73. The zero-order valence-corrected chi connectivity index (χ0v) is 8.90. The Bertz CT molecular complexity index is 604. The molecular weight excluding hydrogens is 202 g/mol. The van der Waals surface area contributed by atoms with Crippen LogP contribution in [0.25, 0.3) is 10.8 Å². The van der Waals surface area contributed by atoms with Gasteiger partial charge in [0.2, 0.25) is 0 Å². The molecule has 0 saturated carbocycles. The summed E-state index contributed by atoms with van der Waals surface area (Å²) in [5.74, 6) is 0.114. The van der Waals surface area contributed by atoms with Gasteiger partial charge in [-0.25, -0.2) is 0 Å². The Labute approximate surface area is 92.9 Å². The van der Waals surface area contributed by atoms with E-state index in [1.165, 1.54) is 0 Å². The molecule has 3 nitrogen and oxygen atoms in total. The fourth-order valence-corrected chi connectivity index (χ4v) is 2.32. The van der Waals surface area contributed by atoms with Gasteiger partial charge in [-0.05, 0) is 28.5 Å². The fraction of sp³-hybridized carbons (Fsp3) is 0.154. The van der Waals surface area contributed by atoms with Crippen molar-refractivity contribution in [1.82, 2.24) is 4.90 Å². The van der Waals surface area contributed by atoms with Crippen LogP contribution in [0.1, 0.15) is 15.9 Å². The number of hydrogen-bond acceptors (Lipinski definition) is 2. The lowest BCUT2D eigenvalue weighted by atomic mass is 9.95. The highest BCUT2D eigenvalue weighted by atomic mass is 16.3. The zero-order valence-electron chi connectivity index (χ0n) is 8.90. The van der Waals surface area contributed by atoms with E-state index in [1.54, 1.807) is 24.1 Å². The Hall–Kier alpha value is -2.03. The Morgan fingerprint density at radius 2 is 2.12 bits per heavy atom. The molecule has 0 unspecified atom stereocenters. The third kappa shape index (κ3) is 1.11. The highest BCUT2D eigenvalue weighted by Crippen LogP contribution is 2.32. The minimum absolute atomic E-state index is 0.0281. The van der Waals surface area contributed by atoms with Crippen molar-refractivity contribution < 1.29 is 9.90 Å². The third-order valence-electron chi connectivity index (χ3n) is 3.03. The molecule has 0 aromatic heterocycles. The molecule has 0 saturated heterocycles. The van der Waals surface area contributed by atoms with Gasteiger partial charge in [0.1, 0.15) is 5.75 Å². The second-order valence-electron chi connectivity index (χ2n) is 4.17. The van der Waals surface area contributed by atoms with E-state index in [1.807, 2.05) is 18.2 Å². The molecule has 80 valence electrons. The monoisotopic (exact) mass is 213 g/mol. The SMILES string of the molecule is CN1Cc2cccc3cc(O)cc(c23)C1=O. The number of phenols is 1. The first-order valence-electron chi connectivity index (χ1n) is 5.17. The number of rotatable bonds is 0. The van der Waals surface area contributed by atoms with Crippen molar-refractivity contribution in [2.45, 2.75) is 6.54 Å². The maximum atomic E-state index is 12.0. The number of carbonyl (C=O) groups excluding carboxylic acids is 1. The quantitative estimate of drug-likeness (QED) is 0.728. The molecule has 0 radical (unpaired) electrons. The van der Waals surface area contributed by atoms with E-state index in [2.05, 4.69) is 0 Å². The average Bonchev–Trinajstić information content (AvgIpc) is 2.25. The molecule has 0 spiro atoms. The molecule has 1 amide bonds. The first-order chi connectivity index (χ1) is 7.66. The summed E-state index contributed by atoms with van der Waals surface area (Å²) < 4.78 is 0. The summed E-state index contributed by atoms with van der Waals surface area (Å²) >= 11 is 0. The van der Waals surface area contributed by atoms with Crippen LogP contribution >= 0.6 is 0 Å². The van der Waals surface area contributed by atoms with E-state index in [9.17, 15) is 9.90 Å². The normalized spacial score (nSPS) is 14.6. The van der Waals surface area contributed by atoms with Gasteiger partial charge in [0.15, 0.2) is 0 Å². The van der Waals surface area contributed by atoms with Crippen molar-refractivity contribution in [3.63, 3.8) is 0 Å². The number of amides is 1. The van der Waals surface area contributed by atoms with Gasteiger partial charge in [-0.1, -0.05) is 18.2 Å². The third-order valence-corrected chi connectivity index (χ3v) is 3.03. The van der Waals surface area contributed by atoms with E-state index in [0.29, 0.717) is 12.1 Å². The van der Waals surface area contributed by atoms with Gasteiger partial charge in [-0.15, -0.1) is 0 Å². The molecule has 1 aliphatic heterocycles. The van der Waals surface area contributed by atoms with Crippen LogP contribution in [0.5, 0.6) is 5.75 Å². The Morgan fingerprint density at radius 3 is 2.94 bits per heavy atom. The van der Waals surface area contributed by atoms with E-state index >= 15 is 0 Å². The van der Waals surface area contributed by atoms with Gasteiger partial charge in [-0.3, -0.25) is 4.79 Å². The molecular formula is C13H11NO2. The van der Waals surface area contributed by atoms with Crippen molar-refractivity contribution in [3.05, 3.63) is 41.5 Å². The van der Waals surface area contributed by atoms with Crippen LogP contribution in [0.3, 0.4) is 0 Å². The van der Waals surface area contributed by atoms with E-state index in [-0.39, 0.29) is 11.7 Å². The van der Waals surface area contributed by atoms with Crippen molar-refractivity contribution in [2.24, 2.45) is 0 Å². The van der Waals surface area contributed by atoms with Crippen LogP contribution in [0.15, 0.2) is 30.3 Å². The molecule has 1 aliphatic rings. The largest absolute Gasteiger partial charge is 0.508 e. The topological polar surface area (TPSA) is 40.5 Å². The minimum atomic E-state index is -0.0281. The molecule has 0 bridgehead atoms. The van der Waals surface area contributed by atoms with Gasteiger partial charge >= 0.3 is 0 Å². The molecule has 0 atom stereocenters. The Morgan fingerprint density at radius 1 is 1.31 bits per heavy atom. The lowest BCUT2D eigenvalue weighted by Gasteiger charge is -2.25. The van der Waals surface area contributed by atoms with Crippen molar-refractivity contribution in [3.8, 4) is 5.75 Å². The predicted octanol–water partition coefficient (Wildman–Crippen LogP) is 2.13. The molecule has 1 heterocycles. The molecule has 16 heavy (non-hydrogen) atoms. The summed E-state index contributed by atoms with van der Waals surface area (Å²) in [6, 6.07) is 9.13. The van der Waals surface area contributed by atoms with Gasteiger partial charge in [0, 0.05) is 13.6 Å². The summed E-state index contributed by atoms with van der Waals surface area (Å²) in [5, 5.41) is 11.5. The van der Waals surface area contributed by atoms with Crippen molar-refractivity contribution in [1.29, 1.82) is 0 Å². The maximum absolute atomic E-state index is 12.0. The summed E-state index contributed by atoms with van der Waals surface area (Å²) in [7, 11) is 1.77. The zero-order chi connectivity index (χ0) is 11.3. The fourth-order valence-electron chi connectivity index (χ4n) is 2.32. The number of carbonyl (C=O) groups is 1. The van der Waals surface area contributed by atoms with Gasteiger partial charge in [0.05, 0.1) is 5.56 Å². The van der Waals surface area contributed by atoms with Crippen molar-refractivity contribution in [2.75, 3.05) is 7.05 Å². The van der Waals surface area contributed by atoms with Gasteiger partial charge < -0.3 is 10.0 Å². The van der Waals surface area contributed by atoms with Crippen LogP contribution in [-0.4, -0.2) is 23.0 Å². The summed E-state index contributed by atoms with van der Waals surface area (Å²) in [6.07, 6.45) is 0. The number of hydrogen-bond donors (Lipinski definition) is 1. The molecule has 0 fully saturated rings. The molecule has 2 aromatic rings. The smallest absolute Gasteiger partial charge is 0.254 e. The lowest BCUT2D eigenvalue weighted by Crippen LogP contribution is -2.30. The second kappa shape index (κ2) is 2.98. The number of benzene rings is 2. The van der Waals surface area contributed by atoms with E-state index < -0.39 is 0 Å². The predicted molar refractivity (Wildman–Crippen MR) is 61.4 cm³/mol. The standard InChI is InChI=1S/C13H11NO2/c1-14-7-9-4-2-3-8-5-10(15)6-11(12(8)9)13(14)16/h2-6,15H,7H2,1H3. The molecule has 1 N–H and O–H groups in total. The van der Waals surface area contributed by atoms with E-state index in [4.69, 9.17) is 0 Å². The summed E-state index contributed by atoms with van der Waals surface area (Å²) in [6.45, 7) is 0.633. The second-order valence-corrected chi connectivity index (χ2v) is 4.17. The highest BCUT2D eigenvalue weighted by molar-refractivity contribution is 6.10. The molecule has 3 rings (SSSR count). The minimum Gasteiger partial charge on any atom is -0.508 e. The Kier molecular flexibility index (Phi) is 1.72. The molecule has 2 aromatic carbocycles. The Balaban J connectivity index is 2.47. The summed E-state index contributed by atoms with van der Waals surface area (Å²) in [4.78, 5) is 13.6.